The number of carbonyl (C=O) groups excluding carboxylic acids is 2. The predicted octanol–water partition coefficient (Wildman–Crippen LogP) is 2.32. The summed E-state index contributed by atoms with van der Waals surface area (Å²) in [4.78, 5) is 26.6. The molecule has 0 bridgehead atoms. The molecule has 0 radical (unpaired) electrons. The molecular formula is C15H14ClFN2O3. The summed E-state index contributed by atoms with van der Waals surface area (Å²) in [6.45, 7) is 0. The number of amides is 1. The predicted molar refractivity (Wildman–Crippen MR) is 79.2 cm³/mol. The van der Waals surface area contributed by atoms with Gasteiger partial charge in [-0.3, -0.25) is 4.79 Å². The summed E-state index contributed by atoms with van der Waals surface area (Å²) < 4.78 is 17.6. The molecule has 5 nitrogen and oxygen atoms in total. The Kier molecular flexibility index (Phi) is 5.16. The molecule has 1 amide bonds. The molecule has 2 aromatic rings. The van der Waals surface area contributed by atoms with Crippen molar-refractivity contribution >= 4 is 23.5 Å². The Morgan fingerprint density at radius 2 is 2.05 bits per heavy atom. The topological polar surface area (TPSA) is 71.2 Å². The number of benzene rings is 1. The maximum absolute atomic E-state index is 12.9. The zero-order chi connectivity index (χ0) is 16.1. The van der Waals surface area contributed by atoms with E-state index < -0.39 is 17.9 Å². The minimum atomic E-state index is -0.884. The molecule has 0 saturated heterocycles. The molecule has 2 rings (SSSR count). The monoisotopic (exact) mass is 324 g/mol. The Balaban J connectivity index is 2.10. The van der Waals surface area contributed by atoms with Gasteiger partial charge in [-0.15, -0.1) is 0 Å². The summed E-state index contributed by atoms with van der Waals surface area (Å²) in [5.74, 6) is -1.44. The van der Waals surface area contributed by atoms with E-state index in [4.69, 9.17) is 11.6 Å². The van der Waals surface area contributed by atoms with Crippen LogP contribution in [-0.2, 0) is 16.0 Å². The van der Waals surface area contributed by atoms with Crippen molar-refractivity contribution in [3.8, 4) is 0 Å². The molecule has 0 spiro atoms. The molecule has 0 aliphatic heterocycles. The van der Waals surface area contributed by atoms with Gasteiger partial charge in [0.25, 0.3) is 5.91 Å². The first-order valence-electron chi connectivity index (χ1n) is 6.46. The van der Waals surface area contributed by atoms with Crippen LogP contribution in [0.15, 0.2) is 36.5 Å². The van der Waals surface area contributed by atoms with E-state index in [0.29, 0.717) is 10.6 Å². The quantitative estimate of drug-likeness (QED) is 0.829. The van der Waals surface area contributed by atoms with Crippen molar-refractivity contribution in [2.75, 3.05) is 7.11 Å². The lowest BCUT2D eigenvalue weighted by atomic mass is 10.1. The number of hydrogen-bond donors (Lipinski definition) is 2. The number of ether oxygens (including phenoxy) is 1. The standard InChI is InChI=1S/C15H14ClFN2O3/c1-22-15(21)13(6-9-2-4-11(17)5-3-9)19-14(20)12-7-10(16)8-18-12/h2-5,7-8,13,18H,6H2,1H3,(H,19,20)/t13-/m0/s1. The number of rotatable bonds is 5. The lowest BCUT2D eigenvalue weighted by Gasteiger charge is -2.16. The summed E-state index contributed by atoms with van der Waals surface area (Å²) >= 11 is 5.74. The number of aromatic amines is 1. The average molecular weight is 325 g/mol. The van der Waals surface area contributed by atoms with E-state index in [1.807, 2.05) is 0 Å². The highest BCUT2D eigenvalue weighted by molar-refractivity contribution is 6.31. The summed E-state index contributed by atoms with van der Waals surface area (Å²) in [5.41, 5.74) is 0.930. The zero-order valence-corrected chi connectivity index (χ0v) is 12.5. The minimum absolute atomic E-state index is 0.188. The van der Waals surface area contributed by atoms with E-state index in [0.717, 1.165) is 0 Å². The summed E-state index contributed by atoms with van der Waals surface area (Å²) in [7, 11) is 1.23. The van der Waals surface area contributed by atoms with Crippen LogP contribution in [0.5, 0.6) is 0 Å². The van der Waals surface area contributed by atoms with E-state index in [2.05, 4.69) is 15.0 Å². The van der Waals surface area contributed by atoms with Gasteiger partial charge >= 0.3 is 5.97 Å². The highest BCUT2D eigenvalue weighted by Crippen LogP contribution is 2.11. The fraction of sp³-hybridized carbons (Fsp3) is 0.200. The van der Waals surface area contributed by atoms with Crippen molar-refractivity contribution in [3.63, 3.8) is 0 Å². The van der Waals surface area contributed by atoms with Gasteiger partial charge in [0, 0.05) is 12.6 Å². The van der Waals surface area contributed by atoms with Gasteiger partial charge in [-0.25, -0.2) is 9.18 Å². The molecule has 7 heteroatoms. The normalized spacial score (nSPS) is 11.8. The van der Waals surface area contributed by atoms with Crippen LogP contribution in [-0.4, -0.2) is 30.0 Å². The highest BCUT2D eigenvalue weighted by atomic mass is 35.5. The lowest BCUT2D eigenvalue weighted by Crippen LogP contribution is -2.43. The van der Waals surface area contributed by atoms with E-state index in [9.17, 15) is 14.0 Å². The smallest absolute Gasteiger partial charge is 0.328 e. The van der Waals surface area contributed by atoms with Crippen LogP contribution in [0, 0.1) is 5.82 Å². The lowest BCUT2D eigenvalue weighted by molar-refractivity contribution is -0.142. The molecule has 1 heterocycles. The summed E-state index contributed by atoms with van der Waals surface area (Å²) in [6, 6.07) is 6.23. The first-order valence-corrected chi connectivity index (χ1v) is 6.84. The maximum atomic E-state index is 12.9. The first kappa shape index (κ1) is 16.0. The Labute approximate surface area is 131 Å². The Hall–Kier alpha value is -2.34. The molecule has 22 heavy (non-hydrogen) atoms. The number of halogens is 2. The second-order valence-electron chi connectivity index (χ2n) is 4.61. The van der Waals surface area contributed by atoms with Crippen LogP contribution in [0.25, 0.3) is 0 Å². The maximum Gasteiger partial charge on any atom is 0.328 e. The molecule has 0 unspecified atom stereocenters. The van der Waals surface area contributed by atoms with Crippen molar-refractivity contribution in [3.05, 3.63) is 58.6 Å². The van der Waals surface area contributed by atoms with Gasteiger partial charge in [0.15, 0.2) is 0 Å². The Morgan fingerprint density at radius 1 is 1.36 bits per heavy atom. The Morgan fingerprint density at radius 3 is 2.59 bits per heavy atom. The number of carbonyl (C=O) groups is 2. The van der Waals surface area contributed by atoms with Gasteiger partial charge in [-0.05, 0) is 23.8 Å². The van der Waals surface area contributed by atoms with Crippen LogP contribution in [0.3, 0.4) is 0 Å². The fourth-order valence-corrected chi connectivity index (χ4v) is 2.09. The molecule has 0 fully saturated rings. The van der Waals surface area contributed by atoms with E-state index in [1.54, 1.807) is 12.1 Å². The Bertz CT molecular complexity index is 670. The number of H-pyrrole nitrogens is 1. The van der Waals surface area contributed by atoms with Gasteiger partial charge in [0.05, 0.1) is 12.1 Å². The minimum Gasteiger partial charge on any atom is -0.467 e. The molecule has 0 aliphatic rings. The number of hydrogen-bond acceptors (Lipinski definition) is 3. The van der Waals surface area contributed by atoms with Gasteiger partial charge in [0.1, 0.15) is 17.6 Å². The molecular weight excluding hydrogens is 311 g/mol. The van der Waals surface area contributed by atoms with E-state index >= 15 is 0 Å². The second kappa shape index (κ2) is 7.09. The number of nitrogens with one attached hydrogen (secondary N) is 2. The van der Waals surface area contributed by atoms with Gasteiger partial charge in [-0.2, -0.15) is 0 Å². The van der Waals surface area contributed by atoms with Gasteiger partial charge in [0.2, 0.25) is 0 Å². The molecule has 116 valence electrons. The average Bonchev–Trinajstić information content (AvgIpc) is 2.94. The van der Waals surface area contributed by atoms with Crippen molar-refractivity contribution < 1.29 is 18.7 Å². The molecule has 1 aromatic carbocycles. The third-order valence-electron chi connectivity index (χ3n) is 3.04. The number of aromatic nitrogens is 1. The van der Waals surface area contributed by atoms with Crippen LogP contribution in [0.1, 0.15) is 16.1 Å². The highest BCUT2D eigenvalue weighted by Gasteiger charge is 2.23. The van der Waals surface area contributed by atoms with Crippen LogP contribution >= 0.6 is 11.6 Å². The molecule has 0 saturated carbocycles. The summed E-state index contributed by atoms with van der Waals surface area (Å²) in [6.07, 6.45) is 1.65. The third-order valence-corrected chi connectivity index (χ3v) is 3.25. The SMILES string of the molecule is COC(=O)[C@H](Cc1ccc(F)cc1)NC(=O)c1cc(Cl)c[nH]1. The van der Waals surface area contributed by atoms with Gasteiger partial charge in [-0.1, -0.05) is 23.7 Å². The van der Waals surface area contributed by atoms with Crippen LogP contribution in [0.4, 0.5) is 4.39 Å². The zero-order valence-electron chi connectivity index (χ0n) is 11.7. The van der Waals surface area contributed by atoms with Crippen molar-refractivity contribution in [1.29, 1.82) is 0 Å². The second-order valence-corrected chi connectivity index (χ2v) is 5.05. The third kappa shape index (κ3) is 4.08. The molecule has 1 aromatic heterocycles. The first-order chi connectivity index (χ1) is 10.5. The largest absolute Gasteiger partial charge is 0.467 e. The molecule has 2 N–H and O–H groups in total. The van der Waals surface area contributed by atoms with Crippen LogP contribution in [0.2, 0.25) is 5.02 Å². The van der Waals surface area contributed by atoms with E-state index in [-0.39, 0.29) is 17.9 Å². The van der Waals surface area contributed by atoms with Crippen LogP contribution < -0.4 is 5.32 Å². The van der Waals surface area contributed by atoms with Gasteiger partial charge < -0.3 is 15.0 Å². The number of methoxy groups -OCH3 is 1. The van der Waals surface area contributed by atoms with Crippen molar-refractivity contribution in [1.82, 2.24) is 10.3 Å². The molecule has 1 atom stereocenters. The summed E-state index contributed by atoms with van der Waals surface area (Å²) in [5, 5.41) is 2.95. The number of esters is 1. The van der Waals surface area contributed by atoms with Crippen molar-refractivity contribution in [2.24, 2.45) is 0 Å². The fourth-order valence-electron chi connectivity index (χ4n) is 1.93. The van der Waals surface area contributed by atoms with E-state index in [1.165, 1.54) is 31.5 Å². The molecule has 0 aliphatic carbocycles. The van der Waals surface area contributed by atoms with Crippen molar-refractivity contribution in [2.45, 2.75) is 12.5 Å².